The molecule has 0 aromatic rings. The molecule has 0 aromatic heterocycles. The van der Waals surface area contributed by atoms with Gasteiger partial charge in [-0.1, -0.05) is 6.08 Å². The number of carbonyl (C=O) groups excluding carboxylic acids is 1. The van der Waals surface area contributed by atoms with Crippen molar-refractivity contribution in [3.05, 3.63) is 11.6 Å². The average Bonchev–Trinajstić information content (AvgIpc) is 1.86. The smallest absolute Gasteiger partial charge is 0.137 e. The van der Waals surface area contributed by atoms with Gasteiger partial charge in [0.25, 0.3) is 0 Å². The summed E-state index contributed by atoms with van der Waals surface area (Å²) in [5.74, 6) is 0.240. The van der Waals surface area contributed by atoms with Gasteiger partial charge in [0.2, 0.25) is 0 Å². The van der Waals surface area contributed by atoms with Crippen LogP contribution in [0.25, 0.3) is 0 Å². The van der Waals surface area contributed by atoms with E-state index in [-0.39, 0.29) is 5.78 Å². The number of aliphatic hydroxyl groups is 1. The number of ketones is 1. The van der Waals surface area contributed by atoms with E-state index in [1.807, 2.05) is 6.08 Å². The van der Waals surface area contributed by atoms with E-state index in [1.165, 1.54) is 0 Å². The molecule has 62 valence electrons. The SMILES string of the molecule is CC(C)(O)C1=CCCC(=O)C1. The topological polar surface area (TPSA) is 37.3 Å². The van der Waals surface area contributed by atoms with E-state index in [0.717, 1.165) is 12.0 Å². The second-order valence-electron chi connectivity index (χ2n) is 3.54. The Morgan fingerprint density at radius 2 is 2.18 bits per heavy atom. The maximum Gasteiger partial charge on any atom is 0.137 e. The molecule has 2 heteroatoms. The van der Waals surface area contributed by atoms with Crippen molar-refractivity contribution in [3.63, 3.8) is 0 Å². The molecule has 1 aliphatic rings. The van der Waals surface area contributed by atoms with Gasteiger partial charge in [0.15, 0.2) is 0 Å². The molecule has 0 fully saturated rings. The van der Waals surface area contributed by atoms with Crippen molar-refractivity contribution >= 4 is 5.78 Å². The van der Waals surface area contributed by atoms with Gasteiger partial charge in [-0.2, -0.15) is 0 Å². The number of hydrogen-bond acceptors (Lipinski definition) is 2. The third kappa shape index (κ3) is 2.15. The van der Waals surface area contributed by atoms with Crippen LogP contribution in [0.5, 0.6) is 0 Å². The van der Waals surface area contributed by atoms with Gasteiger partial charge >= 0.3 is 0 Å². The summed E-state index contributed by atoms with van der Waals surface area (Å²) in [6.07, 6.45) is 3.84. The fourth-order valence-corrected chi connectivity index (χ4v) is 1.25. The Labute approximate surface area is 66.9 Å². The fourth-order valence-electron chi connectivity index (χ4n) is 1.25. The van der Waals surface area contributed by atoms with E-state index in [4.69, 9.17) is 0 Å². The Kier molecular flexibility index (Phi) is 2.14. The maximum atomic E-state index is 11.0. The summed E-state index contributed by atoms with van der Waals surface area (Å²) >= 11 is 0. The van der Waals surface area contributed by atoms with E-state index in [1.54, 1.807) is 13.8 Å². The molecule has 0 saturated heterocycles. The van der Waals surface area contributed by atoms with Crippen LogP contribution in [-0.4, -0.2) is 16.5 Å². The minimum absolute atomic E-state index is 0.240. The largest absolute Gasteiger partial charge is 0.386 e. The summed E-state index contributed by atoms with van der Waals surface area (Å²) in [6, 6.07) is 0. The van der Waals surface area contributed by atoms with Crippen LogP contribution in [0.1, 0.15) is 33.1 Å². The molecule has 0 aliphatic heterocycles. The van der Waals surface area contributed by atoms with Crippen molar-refractivity contribution in [1.29, 1.82) is 0 Å². The van der Waals surface area contributed by atoms with Crippen molar-refractivity contribution < 1.29 is 9.90 Å². The molecule has 0 aromatic carbocycles. The van der Waals surface area contributed by atoms with Crippen molar-refractivity contribution in [2.45, 2.75) is 38.7 Å². The summed E-state index contributed by atoms with van der Waals surface area (Å²) in [7, 11) is 0. The first-order valence-electron chi connectivity index (χ1n) is 3.94. The number of hydrogen-bond donors (Lipinski definition) is 1. The Morgan fingerprint density at radius 3 is 2.55 bits per heavy atom. The van der Waals surface area contributed by atoms with Gasteiger partial charge in [-0.15, -0.1) is 0 Å². The first kappa shape index (κ1) is 8.47. The van der Waals surface area contributed by atoms with Gasteiger partial charge < -0.3 is 5.11 Å². The van der Waals surface area contributed by atoms with Gasteiger partial charge in [0.05, 0.1) is 5.60 Å². The molecule has 0 amide bonds. The quantitative estimate of drug-likeness (QED) is 0.580. The summed E-state index contributed by atoms with van der Waals surface area (Å²) in [5.41, 5.74) is 0.0598. The predicted molar refractivity (Wildman–Crippen MR) is 43.2 cm³/mol. The van der Waals surface area contributed by atoms with Crippen LogP contribution in [0.3, 0.4) is 0 Å². The van der Waals surface area contributed by atoms with Crippen LogP contribution in [0, 0.1) is 0 Å². The molecule has 0 unspecified atom stereocenters. The second-order valence-corrected chi connectivity index (χ2v) is 3.54. The highest BCUT2D eigenvalue weighted by molar-refractivity contribution is 5.82. The molecule has 2 nitrogen and oxygen atoms in total. The fraction of sp³-hybridized carbons (Fsp3) is 0.667. The highest BCUT2D eigenvalue weighted by Gasteiger charge is 2.23. The van der Waals surface area contributed by atoms with Crippen LogP contribution >= 0.6 is 0 Å². The molecular weight excluding hydrogens is 140 g/mol. The molecule has 0 heterocycles. The molecule has 0 saturated carbocycles. The van der Waals surface area contributed by atoms with E-state index in [9.17, 15) is 9.90 Å². The predicted octanol–water partition coefficient (Wildman–Crippen LogP) is 1.44. The molecular formula is C9H14O2. The molecule has 1 aliphatic carbocycles. The average molecular weight is 154 g/mol. The number of carbonyl (C=O) groups is 1. The summed E-state index contributed by atoms with van der Waals surface area (Å²) < 4.78 is 0. The molecule has 0 bridgehead atoms. The zero-order valence-corrected chi connectivity index (χ0v) is 7.05. The zero-order valence-electron chi connectivity index (χ0n) is 7.05. The third-order valence-corrected chi connectivity index (χ3v) is 1.99. The maximum absolute atomic E-state index is 11.0. The first-order chi connectivity index (χ1) is 5.00. The van der Waals surface area contributed by atoms with Crippen molar-refractivity contribution in [2.24, 2.45) is 0 Å². The van der Waals surface area contributed by atoms with E-state index >= 15 is 0 Å². The normalized spacial score (nSPS) is 19.9. The van der Waals surface area contributed by atoms with Crippen LogP contribution in [0.15, 0.2) is 11.6 Å². The van der Waals surface area contributed by atoms with Crippen LogP contribution < -0.4 is 0 Å². The van der Waals surface area contributed by atoms with Gasteiger partial charge in [-0.05, 0) is 25.8 Å². The monoisotopic (exact) mass is 154 g/mol. The van der Waals surface area contributed by atoms with Gasteiger partial charge in [-0.25, -0.2) is 0 Å². The van der Waals surface area contributed by atoms with Gasteiger partial charge in [0.1, 0.15) is 5.78 Å². The van der Waals surface area contributed by atoms with E-state index in [2.05, 4.69) is 0 Å². The van der Waals surface area contributed by atoms with Crippen molar-refractivity contribution in [3.8, 4) is 0 Å². The second kappa shape index (κ2) is 2.78. The summed E-state index contributed by atoms with van der Waals surface area (Å²) in [5, 5.41) is 9.54. The Hall–Kier alpha value is -0.630. The molecule has 0 atom stereocenters. The first-order valence-corrected chi connectivity index (χ1v) is 3.94. The van der Waals surface area contributed by atoms with Gasteiger partial charge in [-0.3, -0.25) is 4.79 Å². The molecule has 0 radical (unpaired) electrons. The van der Waals surface area contributed by atoms with Crippen molar-refractivity contribution in [2.75, 3.05) is 0 Å². The van der Waals surface area contributed by atoms with Crippen LogP contribution in [0.4, 0.5) is 0 Å². The lowest BCUT2D eigenvalue weighted by Gasteiger charge is -2.23. The molecule has 0 spiro atoms. The third-order valence-electron chi connectivity index (χ3n) is 1.99. The summed E-state index contributed by atoms with van der Waals surface area (Å²) in [4.78, 5) is 11.0. The Morgan fingerprint density at radius 1 is 1.55 bits per heavy atom. The number of allylic oxidation sites excluding steroid dienone is 1. The standard InChI is InChI=1S/C9H14O2/c1-9(2,11)7-4-3-5-8(10)6-7/h4,11H,3,5-6H2,1-2H3. The number of Topliss-reactive ketones (excluding diaryl/α,β-unsaturated/α-hetero) is 1. The summed E-state index contributed by atoms with van der Waals surface area (Å²) in [6.45, 7) is 3.44. The molecule has 1 N–H and O–H groups in total. The minimum atomic E-state index is -0.809. The lowest BCUT2D eigenvalue weighted by molar-refractivity contribution is -0.119. The van der Waals surface area contributed by atoms with Crippen LogP contribution in [-0.2, 0) is 4.79 Å². The lowest BCUT2D eigenvalue weighted by Crippen LogP contribution is -2.25. The zero-order chi connectivity index (χ0) is 8.48. The van der Waals surface area contributed by atoms with Gasteiger partial charge in [0, 0.05) is 12.8 Å². The highest BCUT2D eigenvalue weighted by Crippen LogP contribution is 2.24. The minimum Gasteiger partial charge on any atom is -0.386 e. The lowest BCUT2D eigenvalue weighted by atomic mass is 9.88. The van der Waals surface area contributed by atoms with E-state index < -0.39 is 5.60 Å². The number of rotatable bonds is 1. The van der Waals surface area contributed by atoms with E-state index in [0.29, 0.717) is 12.8 Å². The van der Waals surface area contributed by atoms with Crippen LogP contribution in [0.2, 0.25) is 0 Å². The Balaban J connectivity index is 2.73. The highest BCUT2D eigenvalue weighted by atomic mass is 16.3. The van der Waals surface area contributed by atoms with Crippen molar-refractivity contribution in [1.82, 2.24) is 0 Å². The Bertz CT molecular complexity index is 196. The molecule has 1 rings (SSSR count). The molecule has 11 heavy (non-hydrogen) atoms.